The van der Waals surface area contributed by atoms with Gasteiger partial charge in [-0.1, -0.05) is 84.9 Å². The van der Waals surface area contributed by atoms with Crippen LogP contribution in [0.15, 0.2) is 109 Å². The number of hydrogen-bond donors (Lipinski definition) is 1. The van der Waals surface area contributed by atoms with Crippen LogP contribution in [0.5, 0.6) is 11.5 Å². The molecule has 0 bridgehead atoms. The minimum absolute atomic E-state index is 0.0136. The first kappa shape index (κ1) is 28.1. The molecule has 210 valence electrons. The second-order valence-electron chi connectivity index (χ2n) is 10.3. The van der Waals surface area contributed by atoms with Gasteiger partial charge in [-0.05, 0) is 46.5 Å². The number of hydrogen-bond acceptors (Lipinski definition) is 6. The molecule has 4 aromatic rings. The third kappa shape index (κ3) is 5.10. The van der Waals surface area contributed by atoms with Crippen LogP contribution in [0.3, 0.4) is 0 Å². The van der Waals surface area contributed by atoms with Gasteiger partial charge in [-0.15, -0.1) is 0 Å². The number of nitrogens with zero attached hydrogens (tertiary/aromatic N) is 1. The van der Waals surface area contributed by atoms with Crippen molar-refractivity contribution in [2.24, 2.45) is 0 Å². The second kappa shape index (κ2) is 12.0. The van der Waals surface area contributed by atoms with Gasteiger partial charge in [-0.25, -0.2) is 4.79 Å². The fourth-order valence-corrected chi connectivity index (χ4v) is 6.21. The van der Waals surface area contributed by atoms with E-state index in [0.717, 1.165) is 22.3 Å². The minimum Gasteiger partial charge on any atom is -0.497 e. The normalized spacial score (nSPS) is 20.3. The molecule has 0 aromatic heterocycles. The number of imide groups is 1. The lowest BCUT2D eigenvalue weighted by atomic mass is 9.63. The number of rotatable bonds is 9. The Labute approximate surface area is 240 Å². The van der Waals surface area contributed by atoms with Gasteiger partial charge in [0.25, 0.3) is 0 Å². The van der Waals surface area contributed by atoms with E-state index in [1.54, 1.807) is 14.2 Å². The van der Waals surface area contributed by atoms with Gasteiger partial charge in [0.05, 0.1) is 19.6 Å². The smallest absolute Gasteiger partial charge is 0.497 e. The summed E-state index contributed by atoms with van der Waals surface area (Å²) in [6, 6.07) is 33.7. The Hall–Kier alpha value is -4.46. The average molecular weight is 553 g/mol. The van der Waals surface area contributed by atoms with Crippen LogP contribution in [-0.4, -0.2) is 55.0 Å². The van der Waals surface area contributed by atoms with Crippen LogP contribution < -0.4 is 9.47 Å². The summed E-state index contributed by atoms with van der Waals surface area (Å²) in [5.74, 6) is 1.35. The summed E-state index contributed by atoms with van der Waals surface area (Å²) in [7, 11) is 3.21. The van der Waals surface area contributed by atoms with E-state index in [9.17, 15) is 14.7 Å². The fourth-order valence-electron chi connectivity index (χ4n) is 6.21. The molecule has 3 atom stereocenters. The van der Waals surface area contributed by atoms with Crippen molar-refractivity contribution in [3.05, 3.63) is 131 Å². The highest BCUT2D eigenvalue weighted by molar-refractivity contribution is 5.71. The van der Waals surface area contributed by atoms with Crippen molar-refractivity contribution in [2.45, 2.75) is 30.6 Å². The molecule has 1 aliphatic heterocycles. The Bertz CT molecular complexity index is 1410. The van der Waals surface area contributed by atoms with Crippen LogP contribution in [0, 0.1) is 0 Å². The van der Waals surface area contributed by atoms with Gasteiger partial charge in [0.1, 0.15) is 36.8 Å². The lowest BCUT2D eigenvalue weighted by Gasteiger charge is -2.44. The molecular formula is C34H34NO6+. The molecule has 3 unspecified atom stereocenters. The van der Waals surface area contributed by atoms with Crippen molar-refractivity contribution in [3.63, 3.8) is 0 Å². The van der Waals surface area contributed by atoms with Crippen LogP contribution in [0.1, 0.15) is 28.7 Å². The maximum atomic E-state index is 14.0. The zero-order valence-electron chi connectivity index (χ0n) is 23.2. The lowest BCUT2D eigenvalue weighted by molar-refractivity contribution is -0.791. The van der Waals surface area contributed by atoms with E-state index in [-0.39, 0.29) is 19.6 Å². The van der Waals surface area contributed by atoms with E-state index in [4.69, 9.17) is 14.2 Å². The van der Waals surface area contributed by atoms with E-state index < -0.39 is 28.1 Å². The van der Waals surface area contributed by atoms with E-state index in [2.05, 4.69) is 0 Å². The average Bonchev–Trinajstić information content (AvgIpc) is 3.39. The molecule has 0 spiro atoms. The molecule has 7 nitrogen and oxygen atoms in total. The fraction of sp³-hybridized carbons (Fsp3) is 0.235. The summed E-state index contributed by atoms with van der Waals surface area (Å²) in [6.07, 6.45) is -0.785. The second-order valence-corrected chi connectivity index (χ2v) is 10.3. The van der Waals surface area contributed by atoms with Crippen molar-refractivity contribution >= 4 is 12.5 Å². The monoisotopic (exact) mass is 552 g/mol. The van der Waals surface area contributed by atoms with Crippen molar-refractivity contribution in [1.29, 1.82) is 0 Å². The van der Waals surface area contributed by atoms with Gasteiger partial charge in [0.15, 0.2) is 0 Å². The number of carbonyl (C=O) groups excluding carboxylic acids is 2. The number of likely N-dealkylation sites (tertiary alicyclic amines) is 1. The molecule has 1 saturated heterocycles. The third-order valence-electron chi connectivity index (χ3n) is 8.12. The van der Waals surface area contributed by atoms with Gasteiger partial charge in [0.2, 0.25) is 0 Å². The number of methoxy groups -OCH3 is 2. The lowest BCUT2D eigenvalue weighted by Crippen LogP contribution is -2.63. The predicted molar refractivity (Wildman–Crippen MR) is 155 cm³/mol. The number of amides is 2. The third-order valence-corrected chi connectivity index (χ3v) is 8.12. The summed E-state index contributed by atoms with van der Waals surface area (Å²) in [5.41, 5.74) is 2.32. The topological polar surface area (TPSA) is 82.1 Å². The van der Waals surface area contributed by atoms with Crippen LogP contribution >= 0.6 is 0 Å². The first-order valence-electron chi connectivity index (χ1n) is 13.6. The molecule has 4 aromatic carbocycles. The molecule has 7 heteroatoms. The van der Waals surface area contributed by atoms with Gasteiger partial charge < -0.3 is 19.3 Å². The number of quaternary nitrogens is 1. The Morgan fingerprint density at radius 1 is 0.805 bits per heavy atom. The highest BCUT2D eigenvalue weighted by Gasteiger charge is 2.64. The molecular weight excluding hydrogens is 518 g/mol. The highest BCUT2D eigenvalue weighted by atomic mass is 16.6. The SMILES string of the molecule is COc1ccc(C(c2ccccc2)(c2ccc(OC)cc2)C2CC(O)C[N+]2(C=O)C(=O)OCc2ccccc2)cc1. The van der Waals surface area contributed by atoms with E-state index in [0.29, 0.717) is 17.9 Å². The van der Waals surface area contributed by atoms with Crippen molar-refractivity contribution in [1.82, 2.24) is 0 Å². The number of aliphatic hydroxyl groups excluding tert-OH is 1. The number of benzene rings is 4. The highest BCUT2D eigenvalue weighted by Crippen LogP contribution is 2.50. The Morgan fingerprint density at radius 2 is 1.29 bits per heavy atom. The van der Waals surface area contributed by atoms with Gasteiger partial charge >= 0.3 is 12.5 Å². The van der Waals surface area contributed by atoms with Crippen molar-refractivity contribution in [2.75, 3.05) is 20.8 Å². The Morgan fingerprint density at radius 3 is 1.78 bits per heavy atom. The maximum absolute atomic E-state index is 14.0. The van der Waals surface area contributed by atoms with Crippen LogP contribution in [0.4, 0.5) is 4.79 Å². The molecule has 0 aliphatic carbocycles. The molecule has 1 N–H and O–H groups in total. The molecule has 1 fully saturated rings. The van der Waals surface area contributed by atoms with Gasteiger partial charge in [-0.3, -0.25) is 0 Å². The Balaban J connectivity index is 1.74. The predicted octanol–water partition coefficient (Wildman–Crippen LogP) is 5.48. The minimum atomic E-state index is -1.04. The standard InChI is InChI=1S/C34H34NO6/c1-39-30-17-13-27(14-18-30)34(26-11-7-4-8-12-26,28-15-19-31(40-2)20-16-28)32-21-29(37)22-35(32,24-36)33(38)41-23-25-9-5-3-6-10-25/h3-20,24,29,32,37H,21-23H2,1-2H3/q+1. The molecule has 1 aliphatic rings. The molecule has 0 saturated carbocycles. The zero-order chi connectivity index (χ0) is 28.9. The van der Waals surface area contributed by atoms with Gasteiger partial charge in [0, 0.05) is 6.42 Å². The van der Waals surface area contributed by atoms with Gasteiger partial charge in [-0.2, -0.15) is 9.28 Å². The van der Waals surface area contributed by atoms with Crippen LogP contribution in [0.2, 0.25) is 0 Å². The van der Waals surface area contributed by atoms with E-state index in [1.165, 1.54) is 0 Å². The first-order chi connectivity index (χ1) is 20.0. The first-order valence-corrected chi connectivity index (χ1v) is 13.6. The zero-order valence-corrected chi connectivity index (χ0v) is 23.2. The summed E-state index contributed by atoms with van der Waals surface area (Å²) < 4.78 is 16.0. The largest absolute Gasteiger partial charge is 0.524 e. The maximum Gasteiger partial charge on any atom is 0.524 e. The summed E-state index contributed by atoms with van der Waals surface area (Å²) >= 11 is 0. The van der Waals surface area contributed by atoms with E-state index >= 15 is 0 Å². The van der Waals surface area contributed by atoms with Crippen molar-refractivity contribution < 1.29 is 33.4 Å². The molecule has 5 rings (SSSR count). The van der Waals surface area contributed by atoms with E-state index in [1.807, 2.05) is 109 Å². The molecule has 1 heterocycles. The molecule has 41 heavy (non-hydrogen) atoms. The summed E-state index contributed by atoms with van der Waals surface area (Å²) in [4.78, 5) is 27.2. The molecule has 2 amide bonds. The van der Waals surface area contributed by atoms with Crippen LogP contribution in [0.25, 0.3) is 0 Å². The quantitative estimate of drug-likeness (QED) is 0.168. The van der Waals surface area contributed by atoms with Crippen LogP contribution in [-0.2, 0) is 21.6 Å². The number of ether oxygens (including phenoxy) is 3. The summed E-state index contributed by atoms with van der Waals surface area (Å²) in [5, 5.41) is 11.1. The summed E-state index contributed by atoms with van der Waals surface area (Å²) in [6.45, 7) is -0.0809. The van der Waals surface area contributed by atoms with Crippen molar-refractivity contribution in [3.8, 4) is 11.5 Å². The Kier molecular flexibility index (Phi) is 8.19. The number of carbonyl (C=O) groups is 2. The molecule has 0 radical (unpaired) electrons. The number of aliphatic hydroxyl groups is 1.